The number of fused-ring (bicyclic) bond motifs is 9. The normalized spacial score (nSPS) is 45.3. The van der Waals surface area contributed by atoms with Crippen LogP contribution in [0.4, 0.5) is 0 Å². The van der Waals surface area contributed by atoms with Crippen LogP contribution in [0.2, 0.25) is 0 Å². The Morgan fingerprint density at radius 3 is 1.88 bits per heavy atom. The van der Waals surface area contributed by atoms with Gasteiger partial charge >= 0.3 is 11.9 Å². The van der Waals surface area contributed by atoms with Crippen LogP contribution in [0.15, 0.2) is 0 Å². The fourth-order valence-corrected chi connectivity index (χ4v) is 6.40. The van der Waals surface area contributed by atoms with E-state index in [1.165, 1.54) is 19.8 Å². The van der Waals surface area contributed by atoms with Crippen LogP contribution in [0.5, 0.6) is 0 Å². The molecule has 4 heteroatoms. The van der Waals surface area contributed by atoms with Crippen molar-refractivity contribution < 1.29 is 19.1 Å². The smallest absolute Gasteiger partial charge is 0.311 e. The molecule has 0 amide bonds. The van der Waals surface area contributed by atoms with Gasteiger partial charge in [-0.05, 0) is 81.5 Å². The second-order valence-electron chi connectivity index (χ2n) is 9.27. The van der Waals surface area contributed by atoms with Gasteiger partial charge in [0.2, 0.25) is 0 Å². The summed E-state index contributed by atoms with van der Waals surface area (Å²) < 4.78 is 11.6. The molecule has 4 saturated carbocycles. The summed E-state index contributed by atoms with van der Waals surface area (Å²) in [5.41, 5.74) is -0.379. The number of hydrogen-bond acceptors (Lipinski definition) is 4. The lowest BCUT2D eigenvalue weighted by Crippen LogP contribution is -2.43. The largest absolute Gasteiger partial charge is 0.462 e. The van der Waals surface area contributed by atoms with Gasteiger partial charge in [-0.15, -0.1) is 0 Å². The van der Waals surface area contributed by atoms with Gasteiger partial charge in [-0.2, -0.15) is 0 Å². The van der Waals surface area contributed by atoms with Crippen molar-refractivity contribution in [1.82, 2.24) is 0 Å². The van der Waals surface area contributed by atoms with Crippen LogP contribution in [-0.2, 0) is 19.1 Å². The fraction of sp³-hybridized carbons (Fsp3) is 0.900. The molecule has 0 aromatic rings. The monoisotopic (exact) mass is 334 g/mol. The molecule has 8 unspecified atom stereocenters. The minimum absolute atomic E-state index is 0.0277. The van der Waals surface area contributed by atoms with Gasteiger partial charge in [-0.1, -0.05) is 6.92 Å². The topological polar surface area (TPSA) is 52.6 Å². The molecule has 0 radical (unpaired) electrons. The molecule has 0 aromatic carbocycles. The highest BCUT2D eigenvalue weighted by Gasteiger charge is 2.66. The van der Waals surface area contributed by atoms with Crippen LogP contribution in [-0.4, -0.2) is 24.1 Å². The van der Waals surface area contributed by atoms with E-state index in [4.69, 9.17) is 9.47 Å². The van der Waals surface area contributed by atoms with Gasteiger partial charge in [0.25, 0.3) is 0 Å². The van der Waals surface area contributed by atoms with Crippen LogP contribution in [0.1, 0.15) is 59.8 Å². The average Bonchev–Trinajstić information content (AvgIpc) is 3.23. The van der Waals surface area contributed by atoms with E-state index in [-0.39, 0.29) is 29.6 Å². The van der Waals surface area contributed by atoms with Gasteiger partial charge in [-0.25, -0.2) is 0 Å². The molecule has 0 aromatic heterocycles. The summed E-state index contributed by atoms with van der Waals surface area (Å²) >= 11 is 0. The van der Waals surface area contributed by atoms with E-state index in [0.29, 0.717) is 35.5 Å². The molecular weight excluding hydrogens is 304 g/mol. The summed E-state index contributed by atoms with van der Waals surface area (Å²) in [6, 6.07) is 0. The molecule has 4 bridgehead atoms. The molecule has 4 nitrogen and oxygen atoms in total. The van der Waals surface area contributed by atoms with Crippen LogP contribution in [0.25, 0.3) is 0 Å². The fourth-order valence-electron chi connectivity index (χ4n) is 6.40. The van der Waals surface area contributed by atoms with Crippen molar-refractivity contribution in [3.8, 4) is 0 Å². The molecule has 4 rings (SSSR count). The van der Waals surface area contributed by atoms with Gasteiger partial charge in [0, 0.05) is 6.92 Å². The number of hydrogen-bond donors (Lipinski definition) is 0. The second-order valence-corrected chi connectivity index (χ2v) is 9.27. The summed E-state index contributed by atoms with van der Waals surface area (Å²) in [4.78, 5) is 23.8. The zero-order chi connectivity index (χ0) is 17.2. The van der Waals surface area contributed by atoms with E-state index < -0.39 is 0 Å². The van der Waals surface area contributed by atoms with Gasteiger partial charge in [0.15, 0.2) is 0 Å². The van der Waals surface area contributed by atoms with E-state index in [1.807, 2.05) is 20.8 Å². The van der Waals surface area contributed by atoms with Crippen molar-refractivity contribution >= 4 is 11.9 Å². The van der Waals surface area contributed by atoms with Gasteiger partial charge < -0.3 is 9.47 Å². The van der Waals surface area contributed by atoms with Crippen molar-refractivity contribution in [3.63, 3.8) is 0 Å². The van der Waals surface area contributed by atoms with Crippen LogP contribution in [0.3, 0.4) is 0 Å². The Balaban J connectivity index is 1.44. The SMILES string of the molecule is CCC(C)(C)C(=O)OC1CC2CC1C1C3CC(OC(C)=O)C(C3)C21. The maximum absolute atomic E-state index is 12.5. The summed E-state index contributed by atoms with van der Waals surface area (Å²) in [6.45, 7) is 7.53. The third-order valence-electron chi connectivity index (χ3n) is 7.71. The maximum atomic E-state index is 12.5. The number of carbonyl (C=O) groups excluding carboxylic acids is 2. The molecule has 4 fully saturated rings. The molecule has 0 saturated heterocycles. The molecule has 8 atom stereocenters. The zero-order valence-corrected chi connectivity index (χ0v) is 15.3. The molecule has 0 spiro atoms. The first-order valence-electron chi connectivity index (χ1n) is 9.70. The molecule has 4 aliphatic rings. The molecule has 134 valence electrons. The number of ether oxygens (including phenoxy) is 2. The first-order valence-corrected chi connectivity index (χ1v) is 9.70. The van der Waals surface area contributed by atoms with Gasteiger partial charge in [-0.3, -0.25) is 9.59 Å². The van der Waals surface area contributed by atoms with Crippen molar-refractivity contribution in [2.75, 3.05) is 0 Å². The summed E-state index contributed by atoms with van der Waals surface area (Å²) in [5.74, 6) is 3.67. The lowest BCUT2D eigenvalue weighted by molar-refractivity contribution is -0.166. The van der Waals surface area contributed by atoms with E-state index in [1.54, 1.807) is 0 Å². The van der Waals surface area contributed by atoms with E-state index in [9.17, 15) is 9.59 Å². The first-order chi connectivity index (χ1) is 11.3. The average molecular weight is 334 g/mol. The van der Waals surface area contributed by atoms with Crippen LogP contribution in [0, 0.1) is 40.9 Å². The predicted octanol–water partition coefficient (Wildman–Crippen LogP) is 3.58. The summed E-state index contributed by atoms with van der Waals surface area (Å²) in [6.07, 6.45) is 5.55. The van der Waals surface area contributed by atoms with Crippen molar-refractivity contribution in [3.05, 3.63) is 0 Å². The maximum Gasteiger partial charge on any atom is 0.311 e. The standard InChI is InChI=1S/C20H30O4/c1-5-20(3,4)19(22)24-16-9-12-7-14(16)18-11-6-13(17(12)18)15(8-11)23-10(2)21/h11-18H,5-9H2,1-4H3. The minimum Gasteiger partial charge on any atom is -0.462 e. The Morgan fingerprint density at radius 2 is 1.42 bits per heavy atom. The molecule has 4 aliphatic carbocycles. The summed E-state index contributed by atoms with van der Waals surface area (Å²) in [7, 11) is 0. The third kappa shape index (κ3) is 2.32. The number of esters is 2. The molecule has 0 aliphatic heterocycles. The van der Waals surface area contributed by atoms with Crippen LogP contribution >= 0.6 is 0 Å². The van der Waals surface area contributed by atoms with Crippen LogP contribution < -0.4 is 0 Å². The molecular formula is C20H30O4. The predicted molar refractivity (Wildman–Crippen MR) is 88.9 cm³/mol. The van der Waals surface area contributed by atoms with Crippen molar-refractivity contribution in [1.29, 1.82) is 0 Å². The highest BCUT2D eigenvalue weighted by atomic mass is 16.5. The first kappa shape index (κ1) is 16.4. The number of carbonyl (C=O) groups is 2. The highest BCUT2D eigenvalue weighted by molar-refractivity contribution is 5.76. The molecule has 24 heavy (non-hydrogen) atoms. The lowest BCUT2D eigenvalue weighted by Gasteiger charge is -2.41. The lowest BCUT2D eigenvalue weighted by atomic mass is 9.69. The second kappa shape index (κ2) is 5.47. The Kier molecular flexibility index (Phi) is 3.74. The quantitative estimate of drug-likeness (QED) is 0.582. The van der Waals surface area contributed by atoms with Gasteiger partial charge in [0.05, 0.1) is 5.41 Å². The summed E-state index contributed by atoms with van der Waals surface area (Å²) in [5, 5.41) is 0. The van der Waals surface area contributed by atoms with Crippen molar-refractivity contribution in [2.24, 2.45) is 40.9 Å². The zero-order valence-electron chi connectivity index (χ0n) is 15.3. The highest BCUT2D eigenvalue weighted by Crippen LogP contribution is 2.68. The van der Waals surface area contributed by atoms with E-state index in [0.717, 1.165) is 19.3 Å². The Morgan fingerprint density at radius 1 is 0.917 bits per heavy atom. The third-order valence-corrected chi connectivity index (χ3v) is 7.71. The van der Waals surface area contributed by atoms with Gasteiger partial charge in [0.1, 0.15) is 12.2 Å². The van der Waals surface area contributed by atoms with Crippen molar-refractivity contribution in [2.45, 2.75) is 72.0 Å². The molecule has 0 heterocycles. The Bertz CT molecular complexity index is 554. The minimum atomic E-state index is -0.379. The number of rotatable bonds is 4. The van der Waals surface area contributed by atoms with E-state index in [2.05, 4.69) is 0 Å². The Hall–Kier alpha value is -1.06. The van der Waals surface area contributed by atoms with E-state index >= 15 is 0 Å². The molecule has 0 N–H and O–H groups in total. The Labute approximate surface area is 144 Å².